The second-order valence-corrected chi connectivity index (χ2v) is 7.70. The van der Waals surface area contributed by atoms with E-state index in [9.17, 15) is 0 Å². The largest absolute Gasteiger partial charge is 0.372 e. The number of fused-ring (bicyclic) bond motifs is 2. The summed E-state index contributed by atoms with van der Waals surface area (Å²) < 4.78 is 0. The fourth-order valence-electron chi connectivity index (χ4n) is 3.82. The molecule has 0 atom stereocenters. The van der Waals surface area contributed by atoms with E-state index in [-0.39, 0.29) is 0 Å². The number of halogens is 1. The van der Waals surface area contributed by atoms with Crippen LogP contribution in [0.2, 0.25) is 5.02 Å². The molecule has 0 unspecified atom stereocenters. The van der Waals surface area contributed by atoms with Gasteiger partial charge in [-0.1, -0.05) is 23.7 Å². The first-order chi connectivity index (χ1) is 13.7. The number of hydrogen-bond acceptors (Lipinski definition) is 4. The normalized spacial score (nSPS) is 14.1. The number of rotatable bonds is 3. The second kappa shape index (κ2) is 6.93. The molecule has 140 valence electrons. The Kier molecular flexibility index (Phi) is 4.26. The molecule has 1 aliphatic heterocycles. The lowest BCUT2D eigenvalue weighted by molar-refractivity contribution is 0.267. The first kappa shape index (κ1) is 17.2. The highest BCUT2D eigenvalue weighted by molar-refractivity contribution is 6.30. The SMILES string of the molecule is Cc1cc(-c2n[nH]c3cc4c(cc23)CN(Cc2cccc(Cl)c2)CN4)ccn1. The highest BCUT2D eigenvalue weighted by Gasteiger charge is 2.19. The number of aromatic amines is 1. The van der Waals surface area contributed by atoms with Gasteiger partial charge in [-0.15, -0.1) is 0 Å². The zero-order valence-electron chi connectivity index (χ0n) is 15.5. The van der Waals surface area contributed by atoms with Crippen molar-refractivity contribution in [2.75, 3.05) is 12.0 Å². The predicted octanol–water partition coefficient (Wildman–Crippen LogP) is 4.97. The summed E-state index contributed by atoms with van der Waals surface area (Å²) in [5, 5.41) is 13.2. The van der Waals surface area contributed by atoms with E-state index in [4.69, 9.17) is 11.6 Å². The number of hydrogen-bond donors (Lipinski definition) is 2. The number of benzene rings is 2. The van der Waals surface area contributed by atoms with Crippen molar-refractivity contribution in [3.63, 3.8) is 0 Å². The van der Waals surface area contributed by atoms with E-state index < -0.39 is 0 Å². The van der Waals surface area contributed by atoms with Gasteiger partial charge in [-0.2, -0.15) is 5.10 Å². The van der Waals surface area contributed by atoms with E-state index in [0.717, 1.165) is 58.3 Å². The lowest BCUT2D eigenvalue weighted by atomic mass is 10.0. The molecule has 3 heterocycles. The molecular formula is C22H20ClN5. The number of nitrogens with one attached hydrogen (secondary N) is 2. The maximum Gasteiger partial charge on any atom is 0.100 e. The van der Waals surface area contributed by atoms with Crippen LogP contribution < -0.4 is 5.32 Å². The minimum atomic E-state index is 0.778. The molecule has 2 N–H and O–H groups in total. The molecule has 4 aromatic rings. The summed E-state index contributed by atoms with van der Waals surface area (Å²) in [6.07, 6.45) is 1.83. The molecule has 2 aromatic heterocycles. The van der Waals surface area contributed by atoms with E-state index in [0.29, 0.717) is 0 Å². The highest BCUT2D eigenvalue weighted by Crippen LogP contribution is 2.33. The molecule has 6 heteroatoms. The summed E-state index contributed by atoms with van der Waals surface area (Å²) in [5.41, 5.74) is 7.73. The van der Waals surface area contributed by atoms with Crippen LogP contribution in [0.3, 0.4) is 0 Å². The van der Waals surface area contributed by atoms with Crippen LogP contribution in [0.4, 0.5) is 5.69 Å². The quantitative estimate of drug-likeness (QED) is 0.519. The first-order valence-corrected chi connectivity index (χ1v) is 9.68. The zero-order chi connectivity index (χ0) is 19.1. The van der Waals surface area contributed by atoms with E-state index >= 15 is 0 Å². The Morgan fingerprint density at radius 3 is 2.93 bits per heavy atom. The maximum atomic E-state index is 6.13. The second-order valence-electron chi connectivity index (χ2n) is 7.26. The van der Waals surface area contributed by atoms with Crippen LogP contribution in [0, 0.1) is 6.92 Å². The predicted molar refractivity (Wildman–Crippen MR) is 113 cm³/mol. The monoisotopic (exact) mass is 389 g/mol. The van der Waals surface area contributed by atoms with Crippen LogP contribution in [0.15, 0.2) is 54.7 Å². The van der Waals surface area contributed by atoms with Gasteiger partial charge in [0.1, 0.15) is 5.69 Å². The van der Waals surface area contributed by atoms with Gasteiger partial charge in [-0.25, -0.2) is 0 Å². The fraction of sp³-hybridized carbons (Fsp3) is 0.182. The molecule has 5 nitrogen and oxygen atoms in total. The van der Waals surface area contributed by atoms with Crippen molar-refractivity contribution in [2.45, 2.75) is 20.0 Å². The third-order valence-corrected chi connectivity index (χ3v) is 5.37. The molecular weight excluding hydrogens is 370 g/mol. The van der Waals surface area contributed by atoms with Crippen molar-refractivity contribution in [1.29, 1.82) is 0 Å². The third-order valence-electron chi connectivity index (χ3n) is 5.14. The smallest absolute Gasteiger partial charge is 0.100 e. The molecule has 0 bridgehead atoms. The molecule has 0 saturated heterocycles. The van der Waals surface area contributed by atoms with Crippen molar-refractivity contribution in [3.8, 4) is 11.3 Å². The number of aromatic nitrogens is 3. The molecule has 0 radical (unpaired) electrons. The Labute approximate surface area is 168 Å². The van der Waals surface area contributed by atoms with Gasteiger partial charge in [-0.05, 0) is 54.4 Å². The van der Waals surface area contributed by atoms with Crippen LogP contribution in [-0.4, -0.2) is 26.7 Å². The standard InChI is InChI=1S/C22H20ClN5/c1-14-7-16(5-6-24-14)22-19-9-17-12-28(11-15-3-2-4-18(23)8-15)13-25-20(17)10-21(19)26-27-22/h2-10,25H,11-13H2,1H3,(H,26,27). The average Bonchev–Trinajstić information content (AvgIpc) is 3.09. The number of H-pyrrole nitrogens is 1. The summed E-state index contributed by atoms with van der Waals surface area (Å²) >= 11 is 6.13. The van der Waals surface area contributed by atoms with E-state index in [1.54, 1.807) is 0 Å². The summed E-state index contributed by atoms with van der Waals surface area (Å²) in [7, 11) is 0. The van der Waals surface area contributed by atoms with Crippen molar-refractivity contribution in [1.82, 2.24) is 20.1 Å². The van der Waals surface area contributed by atoms with Crippen molar-refractivity contribution in [3.05, 3.63) is 76.6 Å². The minimum absolute atomic E-state index is 0.778. The average molecular weight is 390 g/mol. The molecule has 0 aliphatic carbocycles. The van der Waals surface area contributed by atoms with Crippen molar-refractivity contribution < 1.29 is 0 Å². The number of aryl methyl sites for hydroxylation is 1. The highest BCUT2D eigenvalue weighted by atomic mass is 35.5. The number of pyridine rings is 1. The molecule has 0 spiro atoms. The van der Waals surface area contributed by atoms with E-state index in [2.05, 4.69) is 49.7 Å². The zero-order valence-corrected chi connectivity index (χ0v) is 16.3. The van der Waals surface area contributed by atoms with Gasteiger partial charge in [0, 0.05) is 46.6 Å². The Hall–Kier alpha value is -2.89. The Morgan fingerprint density at radius 1 is 1.14 bits per heavy atom. The summed E-state index contributed by atoms with van der Waals surface area (Å²) in [6.45, 7) is 4.53. The van der Waals surface area contributed by atoms with Gasteiger partial charge in [-0.3, -0.25) is 15.0 Å². The van der Waals surface area contributed by atoms with Crippen molar-refractivity contribution >= 4 is 28.2 Å². The summed E-state index contributed by atoms with van der Waals surface area (Å²) in [4.78, 5) is 6.66. The van der Waals surface area contributed by atoms with Crippen LogP contribution in [0.25, 0.3) is 22.2 Å². The molecule has 0 saturated carbocycles. The fourth-order valence-corrected chi connectivity index (χ4v) is 4.03. The van der Waals surface area contributed by atoms with Crippen LogP contribution in [0.1, 0.15) is 16.8 Å². The van der Waals surface area contributed by atoms with Crippen LogP contribution in [0.5, 0.6) is 0 Å². The topological polar surface area (TPSA) is 56.8 Å². The molecule has 0 fully saturated rings. The molecule has 5 rings (SSSR count). The number of nitrogens with zero attached hydrogens (tertiary/aromatic N) is 3. The van der Waals surface area contributed by atoms with E-state index in [1.165, 1.54) is 11.1 Å². The van der Waals surface area contributed by atoms with Gasteiger partial charge in [0.15, 0.2) is 0 Å². The Balaban J connectivity index is 1.47. The van der Waals surface area contributed by atoms with Crippen LogP contribution in [-0.2, 0) is 13.1 Å². The van der Waals surface area contributed by atoms with Gasteiger partial charge < -0.3 is 5.32 Å². The van der Waals surface area contributed by atoms with Crippen LogP contribution >= 0.6 is 11.6 Å². The first-order valence-electron chi connectivity index (χ1n) is 9.30. The molecule has 1 aliphatic rings. The minimum Gasteiger partial charge on any atom is -0.372 e. The van der Waals surface area contributed by atoms with Gasteiger partial charge >= 0.3 is 0 Å². The lowest BCUT2D eigenvalue weighted by Crippen LogP contribution is -2.33. The molecule has 0 amide bonds. The number of anilines is 1. The Morgan fingerprint density at radius 2 is 2.07 bits per heavy atom. The molecule has 28 heavy (non-hydrogen) atoms. The van der Waals surface area contributed by atoms with Crippen molar-refractivity contribution in [2.24, 2.45) is 0 Å². The van der Waals surface area contributed by atoms with Gasteiger partial charge in [0.25, 0.3) is 0 Å². The third kappa shape index (κ3) is 3.23. The molecule has 2 aromatic carbocycles. The van der Waals surface area contributed by atoms with Gasteiger partial charge in [0.2, 0.25) is 0 Å². The lowest BCUT2D eigenvalue weighted by Gasteiger charge is -2.30. The Bertz CT molecular complexity index is 1170. The van der Waals surface area contributed by atoms with Gasteiger partial charge in [0.05, 0.1) is 12.2 Å². The maximum absolute atomic E-state index is 6.13. The van der Waals surface area contributed by atoms with E-state index in [1.807, 2.05) is 37.4 Å². The summed E-state index contributed by atoms with van der Waals surface area (Å²) in [5.74, 6) is 0. The summed E-state index contributed by atoms with van der Waals surface area (Å²) in [6, 6.07) is 16.5.